The fraction of sp³-hybridized carbons (Fsp3) is 0.588. The summed E-state index contributed by atoms with van der Waals surface area (Å²) in [6.45, 7) is 6.91. The zero-order chi connectivity index (χ0) is 16.0. The van der Waals surface area contributed by atoms with E-state index in [1.807, 2.05) is 59.1 Å². The summed E-state index contributed by atoms with van der Waals surface area (Å²) in [5.41, 5.74) is 0.754. The monoisotopic (exact) mass is 310 g/mol. The van der Waals surface area contributed by atoms with E-state index in [4.69, 9.17) is 11.6 Å². The van der Waals surface area contributed by atoms with Gasteiger partial charge >= 0.3 is 0 Å². The Balaban J connectivity index is 2.87. The first-order chi connectivity index (χ1) is 9.76. The molecule has 1 amide bonds. The van der Waals surface area contributed by atoms with Crippen molar-refractivity contribution in [3.63, 3.8) is 0 Å². The standard InChI is InChI=1S/C17H27ClN2O/c1-6-17(2,3)16(21)19-15(11-12-20(4)5)13-7-9-14(18)10-8-13/h7-10,15H,6,11-12H2,1-5H3,(H,19,21). The summed E-state index contributed by atoms with van der Waals surface area (Å²) in [6, 6.07) is 7.74. The Morgan fingerprint density at radius 2 is 1.86 bits per heavy atom. The van der Waals surface area contributed by atoms with Crippen LogP contribution in [0.5, 0.6) is 0 Å². The van der Waals surface area contributed by atoms with Gasteiger partial charge in [-0.15, -0.1) is 0 Å². The fourth-order valence-electron chi connectivity index (χ4n) is 1.92. The lowest BCUT2D eigenvalue weighted by molar-refractivity contribution is -0.130. The number of rotatable bonds is 7. The molecule has 1 unspecified atom stereocenters. The van der Waals surface area contributed by atoms with Crippen molar-refractivity contribution >= 4 is 17.5 Å². The Labute approximate surface area is 133 Å². The molecule has 118 valence electrons. The van der Waals surface area contributed by atoms with Crippen LogP contribution in [0, 0.1) is 5.41 Å². The molecule has 1 rings (SSSR count). The summed E-state index contributed by atoms with van der Waals surface area (Å²) in [7, 11) is 4.08. The van der Waals surface area contributed by atoms with E-state index in [1.54, 1.807) is 0 Å². The van der Waals surface area contributed by atoms with Crippen LogP contribution in [0.2, 0.25) is 5.02 Å². The van der Waals surface area contributed by atoms with Gasteiger partial charge in [0, 0.05) is 10.4 Å². The van der Waals surface area contributed by atoms with Crippen molar-refractivity contribution in [1.29, 1.82) is 0 Å². The second-order valence-electron chi connectivity index (χ2n) is 6.41. The Morgan fingerprint density at radius 3 is 2.33 bits per heavy atom. The van der Waals surface area contributed by atoms with Gasteiger partial charge < -0.3 is 10.2 Å². The summed E-state index contributed by atoms with van der Waals surface area (Å²) < 4.78 is 0. The molecule has 0 fully saturated rings. The van der Waals surface area contributed by atoms with Gasteiger partial charge in [0.1, 0.15) is 0 Å². The summed E-state index contributed by atoms with van der Waals surface area (Å²) in [5.74, 6) is 0.101. The molecule has 1 N–H and O–H groups in total. The number of nitrogens with zero attached hydrogens (tertiary/aromatic N) is 1. The smallest absolute Gasteiger partial charge is 0.226 e. The lowest BCUT2D eigenvalue weighted by atomic mass is 9.88. The maximum absolute atomic E-state index is 12.4. The van der Waals surface area contributed by atoms with E-state index in [0.29, 0.717) is 5.02 Å². The molecule has 1 atom stereocenters. The molecule has 0 bridgehead atoms. The van der Waals surface area contributed by atoms with Crippen LogP contribution in [0.4, 0.5) is 0 Å². The van der Waals surface area contributed by atoms with Gasteiger partial charge in [-0.1, -0.05) is 44.5 Å². The highest BCUT2D eigenvalue weighted by molar-refractivity contribution is 6.30. The zero-order valence-electron chi connectivity index (χ0n) is 13.7. The molecule has 0 saturated carbocycles. The van der Waals surface area contributed by atoms with E-state index in [9.17, 15) is 4.79 Å². The van der Waals surface area contributed by atoms with Crippen molar-refractivity contribution in [1.82, 2.24) is 10.2 Å². The van der Waals surface area contributed by atoms with Gasteiger partial charge in [-0.2, -0.15) is 0 Å². The minimum atomic E-state index is -0.344. The van der Waals surface area contributed by atoms with E-state index in [1.165, 1.54) is 0 Å². The maximum Gasteiger partial charge on any atom is 0.226 e. The van der Waals surface area contributed by atoms with Gasteiger partial charge in [0.2, 0.25) is 5.91 Å². The zero-order valence-corrected chi connectivity index (χ0v) is 14.5. The molecule has 3 nitrogen and oxygen atoms in total. The Kier molecular flexibility index (Phi) is 6.69. The Bertz CT molecular complexity index is 454. The van der Waals surface area contributed by atoms with Crippen LogP contribution < -0.4 is 5.32 Å². The number of halogens is 1. The lowest BCUT2D eigenvalue weighted by Crippen LogP contribution is -2.39. The first-order valence-corrected chi connectivity index (χ1v) is 7.85. The average Bonchev–Trinajstić information content (AvgIpc) is 2.43. The van der Waals surface area contributed by atoms with Crippen molar-refractivity contribution in [2.45, 2.75) is 39.7 Å². The van der Waals surface area contributed by atoms with Crippen LogP contribution in [-0.2, 0) is 4.79 Å². The van der Waals surface area contributed by atoms with E-state index in [2.05, 4.69) is 10.2 Å². The van der Waals surface area contributed by atoms with Crippen LogP contribution in [0.25, 0.3) is 0 Å². The molecule has 1 aromatic carbocycles. The molecule has 0 radical (unpaired) electrons. The highest BCUT2D eigenvalue weighted by Gasteiger charge is 2.27. The van der Waals surface area contributed by atoms with Crippen molar-refractivity contribution in [2.75, 3.05) is 20.6 Å². The summed E-state index contributed by atoms with van der Waals surface area (Å²) >= 11 is 5.95. The van der Waals surface area contributed by atoms with Crippen molar-refractivity contribution in [3.05, 3.63) is 34.9 Å². The van der Waals surface area contributed by atoms with Gasteiger partial charge in [-0.3, -0.25) is 4.79 Å². The minimum absolute atomic E-state index is 0.0167. The number of carbonyl (C=O) groups is 1. The van der Waals surface area contributed by atoms with Crippen LogP contribution in [-0.4, -0.2) is 31.4 Å². The first kappa shape index (κ1) is 18.0. The van der Waals surface area contributed by atoms with Gasteiger partial charge in [0.25, 0.3) is 0 Å². The fourth-order valence-corrected chi connectivity index (χ4v) is 2.04. The topological polar surface area (TPSA) is 32.3 Å². The van der Waals surface area contributed by atoms with E-state index in [0.717, 1.165) is 24.9 Å². The second-order valence-corrected chi connectivity index (χ2v) is 6.84. The predicted molar refractivity (Wildman–Crippen MR) is 89.6 cm³/mol. The van der Waals surface area contributed by atoms with E-state index in [-0.39, 0.29) is 17.4 Å². The Morgan fingerprint density at radius 1 is 1.29 bits per heavy atom. The molecule has 0 heterocycles. The predicted octanol–water partition coefficient (Wildman–Crippen LogP) is 3.89. The maximum atomic E-state index is 12.4. The van der Waals surface area contributed by atoms with Crippen LogP contribution >= 0.6 is 11.6 Å². The molecular weight excluding hydrogens is 284 g/mol. The van der Waals surface area contributed by atoms with E-state index < -0.39 is 0 Å². The number of carbonyl (C=O) groups excluding carboxylic acids is 1. The van der Waals surface area contributed by atoms with Crippen LogP contribution in [0.3, 0.4) is 0 Å². The molecule has 0 saturated heterocycles. The highest BCUT2D eigenvalue weighted by atomic mass is 35.5. The molecule has 0 aliphatic heterocycles. The third-order valence-corrected chi connectivity index (χ3v) is 4.19. The quantitative estimate of drug-likeness (QED) is 0.828. The molecule has 1 aromatic rings. The van der Waals surface area contributed by atoms with Gasteiger partial charge in [0.05, 0.1) is 6.04 Å². The van der Waals surface area contributed by atoms with Crippen LogP contribution in [0.1, 0.15) is 45.2 Å². The van der Waals surface area contributed by atoms with Gasteiger partial charge in [-0.05, 0) is 51.2 Å². The summed E-state index contributed by atoms with van der Waals surface area (Å²) in [5, 5.41) is 3.90. The van der Waals surface area contributed by atoms with Crippen molar-refractivity contribution < 1.29 is 4.79 Å². The minimum Gasteiger partial charge on any atom is -0.349 e. The highest BCUT2D eigenvalue weighted by Crippen LogP contribution is 2.24. The summed E-state index contributed by atoms with van der Waals surface area (Å²) in [4.78, 5) is 14.6. The molecule has 0 aromatic heterocycles. The number of nitrogens with one attached hydrogen (secondary N) is 1. The largest absolute Gasteiger partial charge is 0.349 e. The van der Waals surface area contributed by atoms with Crippen molar-refractivity contribution in [3.8, 4) is 0 Å². The number of benzene rings is 1. The average molecular weight is 311 g/mol. The van der Waals surface area contributed by atoms with Gasteiger partial charge in [-0.25, -0.2) is 0 Å². The summed E-state index contributed by atoms with van der Waals surface area (Å²) in [6.07, 6.45) is 1.69. The van der Waals surface area contributed by atoms with E-state index >= 15 is 0 Å². The number of hydrogen-bond donors (Lipinski definition) is 1. The lowest BCUT2D eigenvalue weighted by Gasteiger charge is -2.27. The number of hydrogen-bond acceptors (Lipinski definition) is 2. The molecular formula is C17H27ClN2O. The first-order valence-electron chi connectivity index (χ1n) is 7.47. The molecule has 4 heteroatoms. The van der Waals surface area contributed by atoms with Crippen molar-refractivity contribution in [2.24, 2.45) is 5.41 Å². The molecule has 0 spiro atoms. The molecule has 21 heavy (non-hydrogen) atoms. The Hall–Kier alpha value is -1.06. The third-order valence-electron chi connectivity index (χ3n) is 3.94. The second kappa shape index (κ2) is 7.81. The molecule has 0 aliphatic carbocycles. The SMILES string of the molecule is CCC(C)(C)C(=O)NC(CCN(C)C)c1ccc(Cl)cc1. The molecule has 0 aliphatic rings. The normalized spacial score (nSPS) is 13.3. The van der Waals surface area contributed by atoms with Gasteiger partial charge in [0.15, 0.2) is 0 Å². The van der Waals surface area contributed by atoms with Crippen LogP contribution in [0.15, 0.2) is 24.3 Å². The third kappa shape index (κ3) is 5.68. The number of amides is 1.